The van der Waals surface area contributed by atoms with Gasteiger partial charge in [-0.1, -0.05) is 36.4 Å². The minimum absolute atomic E-state index is 0.00639. The molecule has 0 saturated carbocycles. The van der Waals surface area contributed by atoms with Crippen LogP contribution in [0.5, 0.6) is 5.75 Å². The number of rotatable bonds is 7. The number of anilines is 1. The van der Waals surface area contributed by atoms with Crippen LogP contribution in [0.2, 0.25) is 0 Å². The van der Waals surface area contributed by atoms with E-state index in [2.05, 4.69) is 21.5 Å². The molecule has 3 amide bonds. The number of nitrogens with one attached hydrogen (secondary N) is 4. The Bertz CT molecular complexity index is 815. The van der Waals surface area contributed by atoms with Crippen LogP contribution in [0.25, 0.3) is 0 Å². The topological polar surface area (TPSA) is 109 Å². The summed E-state index contributed by atoms with van der Waals surface area (Å²) >= 11 is 4.91. The van der Waals surface area contributed by atoms with Crippen molar-refractivity contribution in [2.24, 2.45) is 0 Å². The van der Waals surface area contributed by atoms with Gasteiger partial charge in [0.1, 0.15) is 5.75 Å². The fourth-order valence-corrected chi connectivity index (χ4v) is 2.19. The highest BCUT2D eigenvalue weighted by atomic mass is 32.1. The number of hydrazine groups is 1. The van der Waals surface area contributed by atoms with E-state index in [4.69, 9.17) is 17.0 Å². The van der Waals surface area contributed by atoms with Crippen molar-refractivity contribution in [1.29, 1.82) is 0 Å². The molecular formula is C19H20N4O4S. The molecule has 0 unspecified atom stereocenters. The van der Waals surface area contributed by atoms with E-state index >= 15 is 0 Å². The molecule has 8 nitrogen and oxygen atoms in total. The van der Waals surface area contributed by atoms with Gasteiger partial charge in [0.2, 0.25) is 11.8 Å². The second-order valence-corrected chi connectivity index (χ2v) is 5.97. The molecule has 0 radical (unpaired) electrons. The molecule has 2 aromatic rings. The van der Waals surface area contributed by atoms with Gasteiger partial charge in [-0.3, -0.25) is 30.6 Å². The van der Waals surface area contributed by atoms with Crippen molar-refractivity contribution in [1.82, 2.24) is 16.2 Å². The summed E-state index contributed by atoms with van der Waals surface area (Å²) in [4.78, 5) is 35.3. The van der Waals surface area contributed by atoms with Crippen LogP contribution in [-0.4, -0.2) is 29.4 Å². The Morgan fingerprint density at radius 3 is 2.07 bits per heavy atom. The van der Waals surface area contributed by atoms with Gasteiger partial charge in [-0.25, -0.2) is 0 Å². The van der Waals surface area contributed by atoms with E-state index in [0.29, 0.717) is 11.4 Å². The number of benzene rings is 2. The Kier molecular flexibility index (Phi) is 8.41. The molecule has 0 saturated heterocycles. The van der Waals surface area contributed by atoms with E-state index in [0.717, 1.165) is 0 Å². The smallest absolute Gasteiger partial charge is 0.264 e. The van der Waals surface area contributed by atoms with Crippen LogP contribution in [0.3, 0.4) is 0 Å². The molecule has 0 aliphatic heterocycles. The molecule has 0 aliphatic rings. The van der Waals surface area contributed by atoms with Crippen molar-refractivity contribution in [3.63, 3.8) is 0 Å². The van der Waals surface area contributed by atoms with Gasteiger partial charge in [-0.2, -0.15) is 0 Å². The fourth-order valence-electron chi connectivity index (χ4n) is 2.02. The number of carbonyl (C=O) groups excluding carboxylic acids is 3. The molecule has 0 heterocycles. The SMILES string of the molecule is O=C(CCC(=O)Nc1ccccc1)NNC(=S)NC(=O)COc1ccccc1. The molecule has 2 rings (SSSR count). The zero-order valence-corrected chi connectivity index (χ0v) is 15.8. The van der Waals surface area contributed by atoms with Crippen molar-refractivity contribution in [2.75, 3.05) is 11.9 Å². The maximum atomic E-state index is 11.8. The average Bonchev–Trinajstić information content (AvgIpc) is 2.71. The Morgan fingerprint density at radius 2 is 1.39 bits per heavy atom. The largest absolute Gasteiger partial charge is 0.484 e. The van der Waals surface area contributed by atoms with Crippen molar-refractivity contribution in [2.45, 2.75) is 12.8 Å². The van der Waals surface area contributed by atoms with E-state index in [-0.39, 0.29) is 30.5 Å². The zero-order chi connectivity index (χ0) is 20.2. The summed E-state index contributed by atoms with van der Waals surface area (Å²) in [5.74, 6) is -0.646. The average molecular weight is 400 g/mol. The van der Waals surface area contributed by atoms with Gasteiger partial charge in [0.15, 0.2) is 11.7 Å². The van der Waals surface area contributed by atoms with Gasteiger partial charge in [0, 0.05) is 18.5 Å². The van der Waals surface area contributed by atoms with Gasteiger partial charge >= 0.3 is 0 Å². The Hall–Kier alpha value is -3.46. The number of carbonyl (C=O) groups is 3. The molecule has 0 aromatic heterocycles. The lowest BCUT2D eigenvalue weighted by molar-refractivity contribution is -0.125. The molecular weight excluding hydrogens is 380 g/mol. The Balaban J connectivity index is 1.59. The minimum Gasteiger partial charge on any atom is -0.484 e. The maximum absolute atomic E-state index is 11.8. The van der Waals surface area contributed by atoms with Gasteiger partial charge in [-0.15, -0.1) is 0 Å². The summed E-state index contributed by atoms with van der Waals surface area (Å²) in [6.45, 7) is -0.223. The first kappa shape index (κ1) is 20.8. The summed E-state index contributed by atoms with van der Waals surface area (Å²) in [5, 5.41) is 4.97. The van der Waals surface area contributed by atoms with E-state index in [1.807, 2.05) is 12.1 Å². The monoisotopic (exact) mass is 400 g/mol. The summed E-state index contributed by atoms with van der Waals surface area (Å²) < 4.78 is 5.28. The molecule has 0 bridgehead atoms. The normalized spacial score (nSPS) is 9.71. The third kappa shape index (κ3) is 8.28. The summed E-state index contributed by atoms with van der Waals surface area (Å²) in [6.07, 6.45) is -0.0359. The van der Waals surface area contributed by atoms with Crippen LogP contribution in [0.1, 0.15) is 12.8 Å². The van der Waals surface area contributed by atoms with E-state index in [1.54, 1.807) is 48.5 Å². The molecule has 4 N–H and O–H groups in total. The first-order valence-electron chi connectivity index (χ1n) is 8.44. The molecule has 2 aromatic carbocycles. The second-order valence-electron chi connectivity index (χ2n) is 5.57. The molecule has 9 heteroatoms. The number of hydrogen-bond donors (Lipinski definition) is 4. The molecule has 0 fully saturated rings. The van der Waals surface area contributed by atoms with Crippen molar-refractivity contribution >= 4 is 40.7 Å². The van der Waals surface area contributed by atoms with Crippen molar-refractivity contribution in [3.8, 4) is 5.75 Å². The summed E-state index contributed by atoms with van der Waals surface area (Å²) in [6, 6.07) is 17.8. The molecule has 28 heavy (non-hydrogen) atoms. The van der Waals surface area contributed by atoms with E-state index < -0.39 is 11.8 Å². The molecule has 0 spiro atoms. The summed E-state index contributed by atoms with van der Waals surface area (Å²) in [5.41, 5.74) is 5.37. The quantitative estimate of drug-likeness (QED) is 0.414. The van der Waals surface area contributed by atoms with Crippen LogP contribution in [-0.2, 0) is 14.4 Å². The van der Waals surface area contributed by atoms with E-state index in [1.165, 1.54) is 0 Å². The molecule has 0 aliphatic carbocycles. The van der Waals surface area contributed by atoms with Gasteiger partial charge in [-0.05, 0) is 36.5 Å². The van der Waals surface area contributed by atoms with Gasteiger partial charge in [0.05, 0.1) is 0 Å². The standard InChI is InChI=1S/C19H20N4O4S/c24-16(20-14-7-3-1-4-8-14)11-12-17(25)22-23-19(28)21-18(26)13-27-15-9-5-2-6-10-15/h1-10H,11-13H2,(H,20,24)(H,22,25)(H2,21,23,26,28). The second kappa shape index (κ2) is 11.3. The lowest BCUT2D eigenvalue weighted by atomic mass is 10.2. The van der Waals surface area contributed by atoms with Crippen molar-refractivity contribution < 1.29 is 19.1 Å². The number of ether oxygens (including phenoxy) is 1. The number of para-hydroxylation sites is 2. The lowest BCUT2D eigenvalue weighted by Gasteiger charge is -2.11. The van der Waals surface area contributed by atoms with Crippen LogP contribution >= 0.6 is 12.2 Å². The zero-order valence-electron chi connectivity index (χ0n) is 14.9. The number of thiocarbonyl (C=S) groups is 1. The molecule has 0 atom stereocenters. The highest BCUT2D eigenvalue weighted by molar-refractivity contribution is 7.80. The van der Waals surface area contributed by atoms with Crippen LogP contribution in [0.4, 0.5) is 5.69 Å². The lowest BCUT2D eigenvalue weighted by Crippen LogP contribution is -2.49. The van der Waals surface area contributed by atoms with Gasteiger partial charge in [0.25, 0.3) is 5.91 Å². The third-order valence-electron chi connectivity index (χ3n) is 3.32. The predicted octanol–water partition coefficient (Wildman–Crippen LogP) is 1.51. The van der Waals surface area contributed by atoms with Crippen LogP contribution in [0.15, 0.2) is 60.7 Å². The Morgan fingerprint density at radius 1 is 0.786 bits per heavy atom. The summed E-state index contributed by atoms with van der Waals surface area (Å²) in [7, 11) is 0. The number of hydrogen-bond acceptors (Lipinski definition) is 5. The first-order valence-corrected chi connectivity index (χ1v) is 8.85. The van der Waals surface area contributed by atoms with Crippen LogP contribution in [0, 0.1) is 0 Å². The van der Waals surface area contributed by atoms with Gasteiger partial charge < -0.3 is 10.1 Å². The number of amides is 3. The van der Waals surface area contributed by atoms with Crippen molar-refractivity contribution in [3.05, 3.63) is 60.7 Å². The maximum Gasteiger partial charge on any atom is 0.264 e. The minimum atomic E-state index is -0.474. The predicted molar refractivity (Wildman–Crippen MR) is 108 cm³/mol. The van der Waals surface area contributed by atoms with Crippen LogP contribution < -0.4 is 26.2 Å². The Labute approximate surface area is 167 Å². The molecule has 146 valence electrons. The highest BCUT2D eigenvalue weighted by Crippen LogP contribution is 2.07. The highest BCUT2D eigenvalue weighted by Gasteiger charge is 2.09. The fraction of sp³-hybridized carbons (Fsp3) is 0.158. The van der Waals surface area contributed by atoms with E-state index in [9.17, 15) is 14.4 Å². The third-order valence-corrected chi connectivity index (χ3v) is 3.52. The first-order chi connectivity index (χ1) is 13.5.